The summed E-state index contributed by atoms with van der Waals surface area (Å²) in [5.41, 5.74) is 0.919. The molecule has 2 aromatic carbocycles. The molecule has 3 N–H and O–H groups in total. The van der Waals surface area contributed by atoms with Gasteiger partial charge in [-0.2, -0.15) is 0 Å². The van der Waals surface area contributed by atoms with Gasteiger partial charge in [0.15, 0.2) is 11.5 Å². The van der Waals surface area contributed by atoms with Gasteiger partial charge in [0.05, 0.1) is 19.2 Å². The fourth-order valence-corrected chi connectivity index (χ4v) is 2.21. The van der Waals surface area contributed by atoms with Gasteiger partial charge in [0.25, 0.3) is 0 Å². The quantitative estimate of drug-likeness (QED) is 0.505. The van der Waals surface area contributed by atoms with Crippen molar-refractivity contribution in [3.8, 4) is 11.5 Å². The predicted molar refractivity (Wildman–Crippen MR) is 98.3 cm³/mol. The lowest BCUT2D eigenvalue weighted by molar-refractivity contribution is -0.136. The van der Waals surface area contributed by atoms with E-state index in [1.807, 2.05) is 0 Å². The van der Waals surface area contributed by atoms with E-state index in [0.717, 1.165) is 0 Å². The summed E-state index contributed by atoms with van der Waals surface area (Å²) >= 11 is 0. The molecule has 0 aliphatic rings. The molecule has 2 aromatic rings. The van der Waals surface area contributed by atoms with E-state index in [1.165, 1.54) is 19.2 Å². The van der Waals surface area contributed by atoms with Gasteiger partial charge in [-0.1, -0.05) is 18.2 Å². The normalized spacial score (nSPS) is 10.0. The number of anilines is 1. The van der Waals surface area contributed by atoms with Crippen LogP contribution in [-0.2, 0) is 9.59 Å². The maximum atomic E-state index is 12.0. The molecule has 0 aliphatic carbocycles. The average Bonchev–Trinajstić information content (AvgIpc) is 2.66. The molecule has 142 valence electrons. The average molecular weight is 372 g/mol. The molecule has 0 atom stereocenters. The van der Waals surface area contributed by atoms with Gasteiger partial charge in [0.1, 0.15) is 6.61 Å². The molecule has 0 aromatic heterocycles. The van der Waals surface area contributed by atoms with E-state index < -0.39 is 17.8 Å². The van der Waals surface area contributed by atoms with E-state index in [2.05, 4.69) is 10.6 Å². The fraction of sp³-hybridized carbons (Fsp3) is 0.211. The van der Waals surface area contributed by atoms with Crippen LogP contribution in [0.15, 0.2) is 42.5 Å². The van der Waals surface area contributed by atoms with Crippen LogP contribution in [0.5, 0.6) is 11.5 Å². The summed E-state index contributed by atoms with van der Waals surface area (Å²) in [4.78, 5) is 34.9. The molecule has 0 heterocycles. The number of carboxylic acids is 1. The largest absolute Gasteiger partial charge is 0.493 e. The lowest BCUT2D eigenvalue weighted by Gasteiger charge is -2.11. The summed E-state index contributed by atoms with van der Waals surface area (Å²) in [5, 5.41) is 13.8. The highest BCUT2D eigenvalue weighted by Crippen LogP contribution is 2.25. The third-order valence-electron chi connectivity index (χ3n) is 3.65. The van der Waals surface area contributed by atoms with Crippen molar-refractivity contribution in [3.63, 3.8) is 0 Å². The standard InChI is InChI=1S/C19H20N2O6/c1-12-7-8-13(19(24)25)11-14(12)21-18(23)17(22)20-9-10-27-16-6-4-3-5-15(16)26-2/h3-8,11H,9-10H2,1-2H3,(H,20,22)(H,21,23)(H,24,25). The zero-order valence-corrected chi connectivity index (χ0v) is 14.9. The van der Waals surface area contributed by atoms with Crippen molar-refractivity contribution in [1.29, 1.82) is 0 Å². The Balaban J connectivity index is 1.85. The Kier molecular flexibility index (Phi) is 6.76. The van der Waals surface area contributed by atoms with E-state index in [4.69, 9.17) is 14.6 Å². The summed E-state index contributed by atoms with van der Waals surface area (Å²) in [6.45, 7) is 1.95. The van der Waals surface area contributed by atoms with Crippen molar-refractivity contribution in [1.82, 2.24) is 5.32 Å². The molecule has 27 heavy (non-hydrogen) atoms. The number of carbonyl (C=O) groups is 3. The van der Waals surface area contributed by atoms with Crippen LogP contribution in [0, 0.1) is 6.92 Å². The summed E-state index contributed by atoms with van der Waals surface area (Å²) < 4.78 is 10.6. The van der Waals surface area contributed by atoms with E-state index in [9.17, 15) is 14.4 Å². The number of aryl methyl sites for hydroxylation is 1. The number of carbonyl (C=O) groups excluding carboxylic acids is 2. The van der Waals surface area contributed by atoms with Gasteiger partial charge in [0.2, 0.25) is 0 Å². The third-order valence-corrected chi connectivity index (χ3v) is 3.65. The van der Waals surface area contributed by atoms with Crippen molar-refractivity contribution in [2.24, 2.45) is 0 Å². The molecule has 0 unspecified atom stereocenters. The number of carboxylic acid groups (broad SMARTS) is 1. The van der Waals surface area contributed by atoms with Crippen molar-refractivity contribution in [3.05, 3.63) is 53.6 Å². The number of hydrogen-bond acceptors (Lipinski definition) is 5. The van der Waals surface area contributed by atoms with Gasteiger partial charge in [0, 0.05) is 5.69 Å². The number of nitrogens with one attached hydrogen (secondary N) is 2. The molecule has 8 nitrogen and oxygen atoms in total. The number of para-hydroxylation sites is 2. The maximum Gasteiger partial charge on any atom is 0.335 e. The van der Waals surface area contributed by atoms with Crippen LogP contribution in [0.1, 0.15) is 15.9 Å². The summed E-state index contributed by atoms with van der Waals surface area (Å²) in [7, 11) is 1.52. The number of amides is 2. The number of rotatable bonds is 7. The molecule has 0 saturated carbocycles. The zero-order chi connectivity index (χ0) is 19.8. The summed E-state index contributed by atoms with van der Waals surface area (Å²) in [5.74, 6) is -1.77. The van der Waals surface area contributed by atoms with Crippen LogP contribution in [0.3, 0.4) is 0 Å². The van der Waals surface area contributed by atoms with Crippen molar-refractivity contribution >= 4 is 23.5 Å². The molecule has 2 amide bonds. The van der Waals surface area contributed by atoms with Crippen LogP contribution in [-0.4, -0.2) is 43.2 Å². The van der Waals surface area contributed by atoms with Gasteiger partial charge in [-0.25, -0.2) is 4.79 Å². The van der Waals surface area contributed by atoms with E-state index in [-0.39, 0.29) is 24.4 Å². The second kappa shape index (κ2) is 9.23. The van der Waals surface area contributed by atoms with E-state index >= 15 is 0 Å². The second-order valence-electron chi connectivity index (χ2n) is 5.54. The molecule has 0 radical (unpaired) electrons. The van der Waals surface area contributed by atoms with Crippen LogP contribution in [0.2, 0.25) is 0 Å². The maximum absolute atomic E-state index is 12.0. The smallest absolute Gasteiger partial charge is 0.335 e. The monoisotopic (exact) mass is 372 g/mol. The van der Waals surface area contributed by atoms with Gasteiger partial charge in [-0.3, -0.25) is 9.59 Å². The second-order valence-corrected chi connectivity index (χ2v) is 5.54. The number of methoxy groups -OCH3 is 1. The molecule has 0 bridgehead atoms. The van der Waals surface area contributed by atoms with Crippen molar-refractivity contribution in [2.45, 2.75) is 6.92 Å². The Morgan fingerprint density at radius 1 is 1.04 bits per heavy atom. The van der Waals surface area contributed by atoms with Crippen LogP contribution < -0.4 is 20.1 Å². The Morgan fingerprint density at radius 2 is 1.74 bits per heavy atom. The topological polar surface area (TPSA) is 114 Å². The van der Waals surface area contributed by atoms with Crippen LogP contribution in [0.4, 0.5) is 5.69 Å². The molecular formula is C19H20N2O6. The number of benzene rings is 2. The molecule has 0 aliphatic heterocycles. The minimum absolute atomic E-state index is 0.0153. The summed E-state index contributed by atoms with van der Waals surface area (Å²) in [6, 6.07) is 11.3. The minimum Gasteiger partial charge on any atom is -0.493 e. The zero-order valence-electron chi connectivity index (χ0n) is 14.9. The first-order valence-electron chi connectivity index (χ1n) is 8.11. The number of ether oxygens (including phenoxy) is 2. The fourth-order valence-electron chi connectivity index (χ4n) is 2.21. The van der Waals surface area contributed by atoms with E-state index in [0.29, 0.717) is 17.1 Å². The van der Waals surface area contributed by atoms with Gasteiger partial charge in [-0.15, -0.1) is 0 Å². The first kappa shape index (κ1) is 19.8. The predicted octanol–water partition coefficient (Wildman–Crippen LogP) is 1.84. The summed E-state index contributed by atoms with van der Waals surface area (Å²) in [6.07, 6.45) is 0. The van der Waals surface area contributed by atoms with E-state index in [1.54, 1.807) is 37.3 Å². The Morgan fingerprint density at radius 3 is 2.41 bits per heavy atom. The SMILES string of the molecule is COc1ccccc1OCCNC(=O)C(=O)Nc1cc(C(=O)O)ccc1C. The van der Waals surface area contributed by atoms with Gasteiger partial charge < -0.3 is 25.2 Å². The number of hydrogen-bond donors (Lipinski definition) is 3. The lowest BCUT2D eigenvalue weighted by atomic mass is 10.1. The molecule has 0 spiro atoms. The highest BCUT2D eigenvalue weighted by atomic mass is 16.5. The Bertz CT molecular complexity index is 850. The molecule has 2 rings (SSSR count). The van der Waals surface area contributed by atoms with Crippen molar-refractivity contribution in [2.75, 3.05) is 25.6 Å². The first-order chi connectivity index (χ1) is 12.9. The Hall–Kier alpha value is -3.55. The van der Waals surface area contributed by atoms with Crippen molar-refractivity contribution < 1.29 is 29.0 Å². The lowest BCUT2D eigenvalue weighted by Crippen LogP contribution is -2.37. The highest BCUT2D eigenvalue weighted by molar-refractivity contribution is 6.39. The molecule has 0 fully saturated rings. The number of aromatic carboxylic acids is 1. The minimum atomic E-state index is -1.12. The molecule has 0 saturated heterocycles. The van der Waals surface area contributed by atoms with Crippen LogP contribution >= 0.6 is 0 Å². The molecule has 8 heteroatoms. The van der Waals surface area contributed by atoms with Crippen LogP contribution in [0.25, 0.3) is 0 Å². The van der Waals surface area contributed by atoms with Gasteiger partial charge in [-0.05, 0) is 36.8 Å². The third kappa shape index (κ3) is 5.46. The first-order valence-corrected chi connectivity index (χ1v) is 8.11. The highest BCUT2D eigenvalue weighted by Gasteiger charge is 2.15. The van der Waals surface area contributed by atoms with Gasteiger partial charge >= 0.3 is 17.8 Å². The molecular weight excluding hydrogens is 352 g/mol. The Labute approximate surface area is 156 Å².